The number of carbonyl (C=O) groups excluding carboxylic acids is 2. The van der Waals surface area contributed by atoms with Gasteiger partial charge in [-0.15, -0.1) is 11.3 Å². The van der Waals surface area contributed by atoms with Crippen LogP contribution in [0, 0.1) is 24.6 Å². The van der Waals surface area contributed by atoms with Crippen LogP contribution in [0.15, 0.2) is 77.2 Å². The molecule has 5 unspecified atom stereocenters. The van der Waals surface area contributed by atoms with Crippen LogP contribution >= 0.6 is 11.3 Å². The first-order chi connectivity index (χ1) is 37.4. The van der Waals surface area contributed by atoms with Crippen molar-refractivity contribution < 1.29 is 28.0 Å². The number of aromatic nitrogens is 6. The molecule has 4 fully saturated rings. The lowest BCUT2D eigenvalue weighted by molar-refractivity contribution is -0.111. The van der Waals surface area contributed by atoms with Crippen molar-refractivity contribution in [3.05, 3.63) is 101 Å². The van der Waals surface area contributed by atoms with Gasteiger partial charge in [0.05, 0.1) is 40.0 Å². The third-order valence-electron chi connectivity index (χ3n) is 15.8. The Hall–Kier alpha value is -6.47. The lowest BCUT2D eigenvalue weighted by Crippen LogP contribution is -2.51. The summed E-state index contributed by atoms with van der Waals surface area (Å²) in [5.74, 6) is 1.31. The number of likely N-dealkylation sites (tertiary alicyclic amines) is 2. The van der Waals surface area contributed by atoms with Gasteiger partial charge < -0.3 is 39.2 Å². The van der Waals surface area contributed by atoms with Crippen molar-refractivity contribution in [3.63, 3.8) is 0 Å². The number of thiazole rings is 1. The molecule has 16 nitrogen and oxygen atoms in total. The van der Waals surface area contributed by atoms with E-state index in [9.17, 15) is 9.59 Å². The van der Waals surface area contributed by atoms with E-state index in [0.29, 0.717) is 66.2 Å². The summed E-state index contributed by atoms with van der Waals surface area (Å²) in [6, 6.07) is 17.8. The van der Waals surface area contributed by atoms with Crippen LogP contribution in [0.25, 0.3) is 43.4 Å². The highest BCUT2D eigenvalue weighted by Crippen LogP contribution is 2.37. The van der Waals surface area contributed by atoms with E-state index in [-0.39, 0.29) is 35.1 Å². The summed E-state index contributed by atoms with van der Waals surface area (Å²) in [6.07, 6.45) is 14.6. The maximum atomic E-state index is 16.8. The molecule has 2 N–H and O–H groups in total. The Kier molecular flexibility index (Phi) is 18.5. The van der Waals surface area contributed by atoms with Gasteiger partial charge in [0.2, 0.25) is 6.41 Å². The standard InChI is InChI=1S/C40H47FN8O4.C13H14N2OS.C6H13N/c1-4-26-6-5-7-27-17-42-18-30(35(26)27)37-36(41)38-31(19-43-37)39(49-20-28-8-9-29(21-49)44-28)46-40(45-38)51-15-14-48-12-10-25(11-13-48)23-52-34-16-33(53-47-34)32(22-50)24(2)3;1-9(14-7-16)11-3-5-12(6-4-11)13-10(2)15-8-17-13;1-6-4-3-5-7(6)2/h5-7,16-19,22,24-25,28-29,32,44H,4,8-15,20-21,23H2,1-3H3;3-9H,1-2H3,(H,14,16);6H,3-5H2,1-2H3. The largest absolute Gasteiger partial charge is 0.475 e. The number of amides is 1. The molecule has 77 heavy (non-hydrogen) atoms. The van der Waals surface area contributed by atoms with Gasteiger partial charge in [0, 0.05) is 73.4 Å². The van der Waals surface area contributed by atoms with Crippen molar-refractivity contribution in [2.75, 3.05) is 64.4 Å². The Morgan fingerprint density at radius 2 is 1.73 bits per heavy atom. The molecule has 0 aliphatic carbocycles. The fourth-order valence-electron chi connectivity index (χ4n) is 10.9. The first-order valence-electron chi connectivity index (χ1n) is 27.4. The van der Waals surface area contributed by atoms with Crippen molar-refractivity contribution in [2.45, 2.75) is 117 Å². The van der Waals surface area contributed by atoms with Crippen molar-refractivity contribution in [1.82, 2.24) is 50.5 Å². The molecule has 0 spiro atoms. The van der Waals surface area contributed by atoms with Gasteiger partial charge >= 0.3 is 6.01 Å². The average Bonchev–Trinajstić information content (AvgIpc) is 4.27. The van der Waals surface area contributed by atoms with E-state index in [0.717, 1.165) is 105 Å². The lowest BCUT2D eigenvalue weighted by atomic mass is 9.95. The molecule has 4 aliphatic heterocycles. The van der Waals surface area contributed by atoms with Crippen molar-refractivity contribution in [1.29, 1.82) is 0 Å². The number of rotatable bonds is 17. The average molecular weight is 1070 g/mol. The quantitative estimate of drug-likeness (QED) is 0.0823. The van der Waals surface area contributed by atoms with Gasteiger partial charge in [-0.25, -0.2) is 9.37 Å². The summed E-state index contributed by atoms with van der Waals surface area (Å²) in [6.45, 7) is 18.6. The maximum absolute atomic E-state index is 16.8. The number of nitrogens with one attached hydrogen (secondary N) is 2. The van der Waals surface area contributed by atoms with E-state index in [1.807, 2.05) is 63.7 Å². The predicted octanol–water partition coefficient (Wildman–Crippen LogP) is 10.0. The molecule has 408 valence electrons. The molecule has 7 aromatic rings. The molecule has 11 rings (SSSR count). The molecule has 0 radical (unpaired) electrons. The number of hydrogen-bond donors (Lipinski definition) is 2. The molecule has 4 aliphatic rings. The fraction of sp³-hybridized carbons (Fsp3) is 0.492. The first-order valence-corrected chi connectivity index (χ1v) is 28.3. The second-order valence-electron chi connectivity index (χ2n) is 21.4. The minimum absolute atomic E-state index is 0.0455. The number of ether oxygens (including phenoxy) is 2. The number of hydrogen-bond acceptors (Lipinski definition) is 16. The van der Waals surface area contributed by atoms with E-state index in [4.69, 9.17) is 24.0 Å². The Balaban J connectivity index is 0.000000246. The van der Waals surface area contributed by atoms with Gasteiger partial charge in [-0.05, 0) is 131 Å². The second-order valence-corrected chi connectivity index (χ2v) is 22.3. The van der Waals surface area contributed by atoms with Crippen LogP contribution in [0.2, 0.25) is 0 Å². The number of halogens is 1. The van der Waals surface area contributed by atoms with E-state index >= 15 is 4.39 Å². The van der Waals surface area contributed by atoms with Crippen molar-refractivity contribution in [2.24, 2.45) is 11.8 Å². The van der Waals surface area contributed by atoms with Crippen molar-refractivity contribution >= 4 is 51.5 Å². The monoisotopic (exact) mass is 1070 g/mol. The molecular weight excluding hydrogens is 994 g/mol. The smallest absolute Gasteiger partial charge is 0.319 e. The van der Waals surface area contributed by atoms with Gasteiger partial charge in [0.15, 0.2) is 11.6 Å². The zero-order valence-electron chi connectivity index (χ0n) is 45.6. The van der Waals surface area contributed by atoms with E-state index < -0.39 is 5.82 Å². The molecular formula is C59H74FN11O5S. The normalized spacial score (nSPS) is 19.6. The summed E-state index contributed by atoms with van der Waals surface area (Å²) in [5.41, 5.74) is 7.38. The van der Waals surface area contributed by atoms with Crippen LogP contribution in [0.3, 0.4) is 0 Å². The molecule has 2 bridgehead atoms. The Morgan fingerprint density at radius 3 is 2.38 bits per heavy atom. The Labute approximate surface area is 455 Å². The van der Waals surface area contributed by atoms with Crippen LogP contribution in [-0.2, 0) is 16.0 Å². The molecule has 4 saturated heterocycles. The molecule has 5 aromatic heterocycles. The van der Waals surface area contributed by atoms with Crippen molar-refractivity contribution in [3.8, 4) is 33.6 Å². The van der Waals surface area contributed by atoms with E-state index in [2.05, 4.69) is 84.5 Å². The summed E-state index contributed by atoms with van der Waals surface area (Å²) in [4.78, 5) is 53.0. The number of fused-ring (bicyclic) bond motifs is 4. The van der Waals surface area contributed by atoms with Crippen LogP contribution in [-0.4, -0.2) is 130 Å². The van der Waals surface area contributed by atoms with Gasteiger partial charge in [0.25, 0.3) is 5.88 Å². The summed E-state index contributed by atoms with van der Waals surface area (Å²) in [7, 11) is 2.19. The molecule has 9 heterocycles. The minimum Gasteiger partial charge on any atom is -0.475 e. The third-order valence-corrected chi connectivity index (χ3v) is 16.8. The summed E-state index contributed by atoms with van der Waals surface area (Å²) in [5, 5.41) is 12.9. The minimum atomic E-state index is -0.496. The van der Waals surface area contributed by atoms with Crippen LogP contribution < -0.4 is 25.0 Å². The van der Waals surface area contributed by atoms with Crippen LogP contribution in [0.5, 0.6) is 11.9 Å². The zero-order chi connectivity index (χ0) is 54.0. The van der Waals surface area contributed by atoms with Crippen LogP contribution in [0.1, 0.15) is 108 Å². The van der Waals surface area contributed by atoms with Gasteiger partial charge in [0.1, 0.15) is 29.9 Å². The van der Waals surface area contributed by atoms with E-state index in [1.54, 1.807) is 29.8 Å². The number of anilines is 1. The van der Waals surface area contributed by atoms with Crippen LogP contribution in [0.4, 0.5) is 10.2 Å². The third kappa shape index (κ3) is 13.3. The molecule has 5 atom stereocenters. The number of aryl methyl sites for hydroxylation is 2. The highest BCUT2D eigenvalue weighted by atomic mass is 32.1. The highest BCUT2D eigenvalue weighted by molar-refractivity contribution is 7.13. The number of nitrogens with zero attached hydrogens (tertiary/aromatic N) is 9. The Morgan fingerprint density at radius 1 is 0.948 bits per heavy atom. The van der Waals surface area contributed by atoms with Gasteiger partial charge in [-0.1, -0.05) is 63.2 Å². The SMILES string of the molecule is CC1CCCN1C.CCc1cccc2cncc(-c3ncc4c(N5CC6CCC(C5)N6)nc(OCCN5CCC(COc6cc(C(C=O)C(C)C)on6)CC5)nc4c3F)c12.Cc1ncsc1-c1ccc(C(C)NC=O)cc1. The first kappa shape index (κ1) is 55.3. The molecule has 1 amide bonds. The maximum Gasteiger partial charge on any atom is 0.319 e. The van der Waals surface area contributed by atoms with E-state index in [1.165, 1.54) is 29.8 Å². The molecule has 18 heteroatoms. The fourth-order valence-corrected chi connectivity index (χ4v) is 11.8. The second kappa shape index (κ2) is 25.8. The number of benzene rings is 2. The molecule has 2 aromatic carbocycles. The summed E-state index contributed by atoms with van der Waals surface area (Å²) >= 11 is 1.64. The lowest BCUT2D eigenvalue weighted by Gasteiger charge is -2.34. The number of piperidine rings is 1. The Bertz CT molecular complexity index is 3050. The number of aldehydes is 1. The highest BCUT2D eigenvalue weighted by Gasteiger charge is 2.34. The predicted molar refractivity (Wildman–Crippen MR) is 301 cm³/mol. The molecule has 0 saturated carbocycles. The number of piperazine rings is 1. The van der Waals surface area contributed by atoms with Gasteiger partial charge in [-0.2, -0.15) is 9.97 Å². The number of carbonyl (C=O) groups is 2. The van der Waals surface area contributed by atoms with Gasteiger partial charge in [-0.3, -0.25) is 19.7 Å². The summed E-state index contributed by atoms with van der Waals surface area (Å²) < 4.78 is 34.4. The number of pyridine rings is 2. The zero-order valence-corrected chi connectivity index (χ0v) is 46.4. The topological polar surface area (TPSA) is 177 Å².